The van der Waals surface area contributed by atoms with Crippen LogP contribution in [0.5, 0.6) is 0 Å². The molecule has 0 saturated heterocycles. The largest absolute Gasteiger partial charge is 0.398 e. The van der Waals surface area contributed by atoms with Gasteiger partial charge < -0.3 is 5.73 Å². The number of nitrogens with two attached hydrogens (primary N) is 1. The van der Waals surface area contributed by atoms with Crippen LogP contribution in [0.1, 0.15) is 25.3 Å². The maximum absolute atomic E-state index is 12.0. The minimum atomic E-state index is -3.43. The van der Waals surface area contributed by atoms with E-state index in [0.717, 1.165) is 30.6 Å². The van der Waals surface area contributed by atoms with Crippen LogP contribution in [0, 0.1) is 0 Å². The highest BCUT2D eigenvalue weighted by atomic mass is 32.2. The van der Waals surface area contributed by atoms with Gasteiger partial charge in [-0.25, -0.2) is 13.1 Å². The molecule has 6 heteroatoms. The Kier molecular flexibility index (Phi) is 6.68. The van der Waals surface area contributed by atoms with Crippen LogP contribution in [0.4, 0.5) is 5.69 Å². The van der Waals surface area contributed by atoms with Crippen molar-refractivity contribution in [3.05, 3.63) is 23.8 Å². The van der Waals surface area contributed by atoms with Crippen LogP contribution in [-0.4, -0.2) is 27.0 Å². The van der Waals surface area contributed by atoms with Gasteiger partial charge in [0, 0.05) is 12.2 Å². The third-order valence-electron chi connectivity index (χ3n) is 2.88. The molecule has 0 atom stereocenters. The number of thioether (sulfide) groups is 1. The number of nitrogens with one attached hydrogen (secondary N) is 1. The lowest BCUT2D eigenvalue weighted by Crippen LogP contribution is -2.25. The van der Waals surface area contributed by atoms with E-state index in [1.807, 2.05) is 13.2 Å². The van der Waals surface area contributed by atoms with Gasteiger partial charge in [-0.1, -0.05) is 13.0 Å². The molecule has 0 fully saturated rings. The van der Waals surface area contributed by atoms with Gasteiger partial charge in [0.15, 0.2) is 0 Å². The third-order valence-corrected chi connectivity index (χ3v) is 5.03. The van der Waals surface area contributed by atoms with Gasteiger partial charge >= 0.3 is 0 Å². The van der Waals surface area contributed by atoms with Crippen molar-refractivity contribution in [2.75, 3.05) is 24.3 Å². The Morgan fingerprint density at radius 1 is 1.32 bits per heavy atom. The fourth-order valence-electron chi connectivity index (χ4n) is 1.72. The Morgan fingerprint density at radius 3 is 2.63 bits per heavy atom. The van der Waals surface area contributed by atoms with Crippen molar-refractivity contribution >= 4 is 27.5 Å². The summed E-state index contributed by atoms with van der Waals surface area (Å²) < 4.78 is 26.7. The number of sulfonamides is 1. The fourth-order valence-corrected chi connectivity index (χ4v) is 3.33. The topological polar surface area (TPSA) is 72.2 Å². The molecule has 0 saturated carbocycles. The lowest BCUT2D eigenvalue weighted by Gasteiger charge is -2.09. The maximum Gasteiger partial charge on any atom is 0.240 e. The van der Waals surface area contributed by atoms with E-state index in [4.69, 9.17) is 5.73 Å². The Morgan fingerprint density at radius 2 is 2.05 bits per heavy atom. The predicted octanol–water partition coefficient (Wildman–Crippen LogP) is 2.25. The summed E-state index contributed by atoms with van der Waals surface area (Å²) in [4.78, 5) is 0.243. The first kappa shape index (κ1) is 16.3. The molecule has 0 radical (unpaired) electrons. The molecule has 0 unspecified atom stereocenters. The Bertz CT molecular complexity index is 501. The van der Waals surface area contributed by atoms with E-state index in [9.17, 15) is 8.42 Å². The second-order valence-corrected chi connectivity index (χ2v) is 7.06. The summed E-state index contributed by atoms with van der Waals surface area (Å²) in [6, 6.07) is 4.92. The minimum Gasteiger partial charge on any atom is -0.398 e. The average Bonchev–Trinajstić information content (AvgIpc) is 2.38. The maximum atomic E-state index is 12.0. The van der Waals surface area contributed by atoms with Crippen molar-refractivity contribution in [2.45, 2.75) is 31.1 Å². The normalized spacial score (nSPS) is 11.7. The summed E-state index contributed by atoms with van der Waals surface area (Å²) in [5, 5.41) is 0. The van der Waals surface area contributed by atoms with E-state index in [0.29, 0.717) is 12.2 Å². The molecule has 0 bridgehead atoms. The van der Waals surface area contributed by atoms with E-state index in [1.165, 1.54) is 6.07 Å². The van der Waals surface area contributed by atoms with Gasteiger partial charge in [-0.3, -0.25) is 0 Å². The number of hydrogen-bond acceptors (Lipinski definition) is 4. The molecule has 0 heterocycles. The monoisotopic (exact) mass is 302 g/mol. The van der Waals surface area contributed by atoms with Gasteiger partial charge in [0.05, 0.1) is 4.90 Å². The second-order valence-electron chi connectivity index (χ2n) is 4.31. The van der Waals surface area contributed by atoms with E-state index >= 15 is 0 Å². The quantitative estimate of drug-likeness (QED) is 0.571. The molecule has 3 N–H and O–H groups in total. The summed E-state index contributed by atoms with van der Waals surface area (Å²) >= 11 is 1.77. The molecule has 1 aromatic rings. The van der Waals surface area contributed by atoms with Crippen LogP contribution < -0.4 is 10.5 Å². The van der Waals surface area contributed by atoms with E-state index in [1.54, 1.807) is 23.9 Å². The first-order valence-electron chi connectivity index (χ1n) is 6.38. The first-order valence-corrected chi connectivity index (χ1v) is 9.26. The van der Waals surface area contributed by atoms with Crippen molar-refractivity contribution in [3.8, 4) is 0 Å². The van der Waals surface area contributed by atoms with Crippen molar-refractivity contribution in [1.29, 1.82) is 0 Å². The van der Waals surface area contributed by atoms with Crippen LogP contribution in [0.25, 0.3) is 0 Å². The van der Waals surface area contributed by atoms with Crippen LogP contribution in [0.15, 0.2) is 23.1 Å². The Labute approximate surface area is 120 Å². The number of benzene rings is 1. The molecular formula is C13H22N2O2S2. The first-order chi connectivity index (χ1) is 9.01. The molecule has 1 rings (SSSR count). The van der Waals surface area contributed by atoms with Gasteiger partial charge in [0.2, 0.25) is 10.0 Å². The zero-order valence-corrected chi connectivity index (χ0v) is 13.1. The van der Waals surface area contributed by atoms with Crippen LogP contribution in [-0.2, 0) is 16.4 Å². The van der Waals surface area contributed by atoms with Gasteiger partial charge in [-0.05, 0) is 49.0 Å². The van der Waals surface area contributed by atoms with Crippen molar-refractivity contribution in [3.63, 3.8) is 0 Å². The number of rotatable bonds is 8. The van der Waals surface area contributed by atoms with E-state index in [-0.39, 0.29) is 4.90 Å². The highest BCUT2D eigenvalue weighted by molar-refractivity contribution is 7.98. The number of aryl methyl sites for hydroxylation is 1. The molecule has 0 aromatic heterocycles. The third kappa shape index (κ3) is 5.04. The zero-order chi connectivity index (χ0) is 14.3. The molecule has 0 aliphatic carbocycles. The standard InChI is InChI=1S/C13H22N2O2S2/c1-3-11-6-7-12(10-13(11)14)19(16,17)15-8-4-5-9-18-2/h6-7,10,15H,3-5,8-9,14H2,1-2H3. The second kappa shape index (κ2) is 7.77. The number of nitrogen functional groups attached to an aromatic ring is 1. The summed E-state index contributed by atoms with van der Waals surface area (Å²) in [7, 11) is -3.43. The van der Waals surface area contributed by atoms with E-state index in [2.05, 4.69) is 4.72 Å². The van der Waals surface area contributed by atoms with Crippen molar-refractivity contribution < 1.29 is 8.42 Å². The molecule has 1 aromatic carbocycles. The highest BCUT2D eigenvalue weighted by Gasteiger charge is 2.14. The van der Waals surface area contributed by atoms with Crippen molar-refractivity contribution in [1.82, 2.24) is 4.72 Å². The number of unbranched alkanes of at least 4 members (excludes halogenated alkanes) is 1. The van der Waals surface area contributed by atoms with Crippen LogP contribution >= 0.6 is 11.8 Å². The lowest BCUT2D eigenvalue weighted by atomic mass is 10.1. The molecule has 0 amide bonds. The van der Waals surface area contributed by atoms with Crippen LogP contribution in [0.3, 0.4) is 0 Å². The lowest BCUT2D eigenvalue weighted by molar-refractivity contribution is 0.578. The summed E-state index contributed by atoms with van der Waals surface area (Å²) in [6.07, 6.45) is 4.71. The molecule has 108 valence electrons. The Hall–Kier alpha value is -0.720. The molecule has 19 heavy (non-hydrogen) atoms. The predicted molar refractivity (Wildman–Crippen MR) is 83.0 cm³/mol. The smallest absolute Gasteiger partial charge is 0.240 e. The van der Waals surface area contributed by atoms with Gasteiger partial charge in [-0.15, -0.1) is 0 Å². The number of anilines is 1. The van der Waals surface area contributed by atoms with Gasteiger partial charge in [0.1, 0.15) is 0 Å². The van der Waals surface area contributed by atoms with Crippen molar-refractivity contribution in [2.24, 2.45) is 0 Å². The van der Waals surface area contributed by atoms with Crippen LogP contribution in [0.2, 0.25) is 0 Å². The summed E-state index contributed by atoms with van der Waals surface area (Å²) in [5.74, 6) is 1.06. The average molecular weight is 302 g/mol. The molecule has 0 aliphatic rings. The summed E-state index contributed by atoms with van der Waals surface area (Å²) in [6.45, 7) is 2.46. The number of hydrogen-bond donors (Lipinski definition) is 2. The SMILES string of the molecule is CCc1ccc(S(=O)(=O)NCCCCSC)cc1N. The molecular weight excluding hydrogens is 280 g/mol. The van der Waals surface area contributed by atoms with E-state index < -0.39 is 10.0 Å². The highest BCUT2D eigenvalue weighted by Crippen LogP contribution is 2.18. The minimum absolute atomic E-state index is 0.243. The molecule has 0 aliphatic heterocycles. The fraction of sp³-hybridized carbons (Fsp3) is 0.538. The molecule has 0 spiro atoms. The van der Waals surface area contributed by atoms with Gasteiger partial charge in [0.25, 0.3) is 0 Å². The Balaban J connectivity index is 2.64. The van der Waals surface area contributed by atoms with Gasteiger partial charge in [-0.2, -0.15) is 11.8 Å². The molecule has 4 nitrogen and oxygen atoms in total. The summed E-state index contributed by atoms with van der Waals surface area (Å²) in [5.41, 5.74) is 7.33. The zero-order valence-electron chi connectivity index (χ0n) is 11.5.